The number of benzene rings is 1. The second-order valence-corrected chi connectivity index (χ2v) is 9.21. The van der Waals surface area contributed by atoms with Gasteiger partial charge in [-0.2, -0.15) is 0 Å². The molecule has 1 spiro atoms. The number of nitrogens with zero attached hydrogens (tertiary/aromatic N) is 4. The van der Waals surface area contributed by atoms with E-state index in [4.69, 9.17) is 0 Å². The summed E-state index contributed by atoms with van der Waals surface area (Å²) in [4.78, 5) is 32.1. The fraction of sp³-hybridized carbons (Fsp3) is 0.458. The summed E-state index contributed by atoms with van der Waals surface area (Å²) in [6.07, 6.45) is 10.2. The number of imidazole rings is 2. The number of aromatic nitrogens is 4. The first-order valence-electron chi connectivity index (χ1n) is 11.4. The summed E-state index contributed by atoms with van der Waals surface area (Å²) in [5.41, 5.74) is 2.62. The van der Waals surface area contributed by atoms with Crippen LogP contribution >= 0.6 is 0 Å². The highest BCUT2D eigenvalue weighted by Gasteiger charge is 2.43. The fourth-order valence-electron chi connectivity index (χ4n) is 5.01. The maximum Gasteiger partial charge on any atom is 0.223 e. The molecule has 0 atom stereocenters. The highest BCUT2D eigenvalue weighted by atomic mass is 16.2. The molecule has 2 aromatic heterocycles. The van der Waals surface area contributed by atoms with Gasteiger partial charge in [0.15, 0.2) is 0 Å². The average Bonchev–Trinajstić information content (AvgIpc) is 3.54. The minimum atomic E-state index is 0.195. The number of rotatable bonds is 8. The van der Waals surface area contributed by atoms with Crippen molar-refractivity contribution in [3.8, 4) is 0 Å². The largest absolute Gasteiger partial charge is 0.348 e. The van der Waals surface area contributed by atoms with Crippen molar-refractivity contribution in [3.05, 3.63) is 71.8 Å². The van der Waals surface area contributed by atoms with E-state index in [0.29, 0.717) is 32.0 Å². The molecule has 1 amide bonds. The maximum atomic E-state index is 12.6. The van der Waals surface area contributed by atoms with E-state index in [9.17, 15) is 4.79 Å². The normalized spacial score (nSPS) is 18.2. The Hall–Kier alpha value is -2.97. The van der Waals surface area contributed by atoms with Crippen LogP contribution in [-0.2, 0) is 31.0 Å². The van der Waals surface area contributed by atoms with Crippen molar-refractivity contribution >= 4 is 5.91 Å². The van der Waals surface area contributed by atoms with Gasteiger partial charge in [-0.15, -0.1) is 0 Å². The molecule has 0 bridgehead atoms. The number of nitrogens with one attached hydrogen (secondary N) is 3. The van der Waals surface area contributed by atoms with E-state index in [1.54, 1.807) is 12.4 Å². The number of hydrogen-bond donors (Lipinski definition) is 3. The smallest absolute Gasteiger partial charge is 0.223 e. The first-order valence-corrected chi connectivity index (χ1v) is 11.4. The van der Waals surface area contributed by atoms with Crippen molar-refractivity contribution in [3.63, 3.8) is 0 Å². The van der Waals surface area contributed by atoms with Crippen molar-refractivity contribution in [2.75, 3.05) is 19.6 Å². The van der Waals surface area contributed by atoms with Crippen molar-refractivity contribution in [2.24, 2.45) is 5.41 Å². The molecule has 0 unspecified atom stereocenters. The minimum Gasteiger partial charge on any atom is -0.348 e. The Bertz CT molecular complexity index is 955. The molecular weight excluding hydrogens is 402 g/mol. The standard InChI is InChI=1S/C24H31N7O/c32-23-13-24(5-7-25-8-6-24)18-31(23)15-20-3-1-19(2-4-20)14-30(16-21-26-9-10-27-21)17-22-28-11-12-29-22/h1-4,9-12,25H,5-8,13-18H2,(H,26,27)(H,28,29). The molecule has 8 heteroatoms. The van der Waals surface area contributed by atoms with Crippen LogP contribution in [0.4, 0.5) is 0 Å². The molecule has 0 aliphatic carbocycles. The number of H-pyrrole nitrogens is 2. The monoisotopic (exact) mass is 433 g/mol. The predicted molar refractivity (Wildman–Crippen MR) is 121 cm³/mol. The highest BCUT2D eigenvalue weighted by molar-refractivity contribution is 5.79. The summed E-state index contributed by atoms with van der Waals surface area (Å²) in [5, 5.41) is 3.42. The molecule has 8 nitrogen and oxygen atoms in total. The van der Waals surface area contributed by atoms with Gasteiger partial charge in [0.25, 0.3) is 0 Å². The quantitative estimate of drug-likeness (QED) is 0.507. The van der Waals surface area contributed by atoms with Crippen LogP contribution in [0.1, 0.15) is 42.0 Å². The molecule has 0 saturated carbocycles. The molecule has 2 aliphatic rings. The van der Waals surface area contributed by atoms with Crippen LogP contribution in [0.3, 0.4) is 0 Å². The van der Waals surface area contributed by atoms with Crippen LogP contribution < -0.4 is 5.32 Å². The summed E-state index contributed by atoms with van der Waals surface area (Å²) in [6.45, 7) is 5.89. The van der Waals surface area contributed by atoms with E-state index >= 15 is 0 Å². The van der Waals surface area contributed by atoms with Gasteiger partial charge in [0.2, 0.25) is 5.91 Å². The van der Waals surface area contributed by atoms with Gasteiger partial charge in [-0.1, -0.05) is 24.3 Å². The Labute approximate surface area is 188 Å². The van der Waals surface area contributed by atoms with Gasteiger partial charge >= 0.3 is 0 Å². The number of aromatic amines is 2. The van der Waals surface area contributed by atoms with Crippen molar-refractivity contribution in [1.82, 2.24) is 35.1 Å². The van der Waals surface area contributed by atoms with Crippen LogP contribution in [-0.4, -0.2) is 55.3 Å². The molecular formula is C24H31N7O. The lowest BCUT2D eigenvalue weighted by molar-refractivity contribution is -0.128. The topological polar surface area (TPSA) is 92.9 Å². The summed E-state index contributed by atoms with van der Waals surface area (Å²) in [7, 11) is 0. The van der Waals surface area contributed by atoms with Crippen molar-refractivity contribution in [1.29, 1.82) is 0 Å². The first kappa shape index (κ1) is 20.9. The molecule has 168 valence electrons. The van der Waals surface area contributed by atoms with Gasteiger partial charge in [-0.3, -0.25) is 9.69 Å². The first-order chi connectivity index (χ1) is 15.7. The average molecular weight is 434 g/mol. The third kappa shape index (κ3) is 4.92. The molecule has 5 rings (SSSR count). The molecule has 1 aromatic carbocycles. The third-order valence-electron chi connectivity index (χ3n) is 6.73. The Balaban J connectivity index is 1.21. The van der Waals surface area contributed by atoms with Crippen LogP contribution in [0, 0.1) is 5.41 Å². The third-order valence-corrected chi connectivity index (χ3v) is 6.73. The molecule has 0 radical (unpaired) electrons. The maximum absolute atomic E-state index is 12.6. The minimum absolute atomic E-state index is 0.195. The number of piperidine rings is 1. The number of amides is 1. The van der Waals surface area contributed by atoms with Gasteiger partial charge in [-0.25, -0.2) is 9.97 Å². The summed E-state index contributed by atoms with van der Waals surface area (Å²) < 4.78 is 0. The van der Waals surface area contributed by atoms with E-state index in [1.807, 2.05) is 12.4 Å². The summed E-state index contributed by atoms with van der Waals surface area (Å²) in [6, 6.07) is 8.67. The van der Waals surface area contributed by atoms with Crippen molar-refractivity contribution < 1.29 is 4.79 Å². The van der Waals surface area contributed by atoms with Crippen LogP contribution in [0.15, 0.2) is 49.1 Å². The van der Waals surface area contributed by atoms with E-state index in [-0.39, 0.29) is 5.41 Å². The SMILES string of the molecule is O=C1CC2(CCNCC2)CN1Cc1ccc(CN(Cc2ncc[nH]2)Cc2ncc[nH]2)cc1. The van der Waals surface area contributed by atoms with Crippen LogP contribution in [0.25, 0.3) is 0 Å². The molecule has 3 N–H and O–H groups in total. The highest BCUT2D eigenvalue weighted by Crippen LogP contribution is 2.39. The Morgan fingerprint density at radius 2 is 1.53 bits per heavy atom. The van der Waals surface area contributed by atoms with Gasteiger partial charge in [0, 0.05) is 50.8 Å². The molecule has 2 aliphatic heterocycles. The lowest BCUT2D eigenvalue weighted by Crippen LogP contribution is -2.38. The molecule has 4 heterocycles. The number of carbonyl (C=O) groups is 1. The lowest BCUT2D eigenvalue weighted by Gasteiger charge is -2.33. The van der Waals surface area contributed by atoms with E-state index in [0.717, 1.165) is 50.7 Å². The number of carbonyl (C=O) groups excluding carboxylic acids is 1. The van der Waals surface area contributed by atoms with E-state index in [1.165, 1.54) is 11.1 Å². The second kappa shape index (κ2) is 9.26. The van der Waals surface area contributed by atoms with E-state index in [2.05, 4.69) is 59.3 Å². The molecule has 32 heavy (non-hydrogen) atoms. The Morgan fingerprint density at radius 1 is 0.906 bits per heavy atom. The van der Waals surface area contributed by atoms with Crippen LogP contribution in [0.2, 0.25) is 0 Å². The molecule has 3 aromatic rings. The zero-order chi connectivity index (χ0) is 21.8. The summed E-state index contributed by atoms with van der Waals surface area (Å²) in [5.74, 6) is 2.18. The van der Waals surface area contributed by atoms with E-state index < -0.39 is 0 Å². The molecule has 2 fully saturated rings. The van der Waals surface area contributed by atoms with Gasteiger partial charge in [-0.05, 0) is 42.5 Å². The predicted octanol–water partition coefficient (Wildman–Crippen LogP) is 2.44. The van der Waals surface area contributed by atoms with Gasteiger partial charge in [0.1, 0.15) is 11.6 Å². The Morgan fingerprint density at radius 3 is 2.12 bits per heavy atom. The Kier molecular flexibility index (Phi) is 6.05. The lowest BCUT2D eigenvalue weighted by atomic mass is 9.78. The van der Waals surface area contributed by atoms with Gasteiger partial charge < -0.3 is 20.2 Å². The molecule has 2 saturated heterocycles. The van der Waals surface area contributed by atoms with Crippen molar-refractivity contribution in [2.45, 2.75) is 45.4 Å². The van der Waals surface area contributed by atoms with Gasteiger partial charge in [0.05, 0.1) is 13.1 Å². The second-order valence-electron chi connectivity index (χ2n) is 9.21. The zero-order valence-corrected chi connectivity index (χ0v) is 18.4. The van der Waals surface area contributed by atoms with Crippen LogP contribution in [0.5, 0.6) is 0 Å². The zero-order valence-electron chi connectivity index (χ0n) is 18.4. The number of likely N-dealkylation sites (tertiary alicyclic amines) is 1. The number of hydrogen-bond acceptors (Lipinski definition) is 5. The summed E-state index contributed by atoms with van der Waals surface area (Å²) >= 11 is 0. The fourth-order valence-corrected chi connectivity index (χ4v) is 5.01.